The summed E-state index contributed by atoms with van der Waals surface area (Å²) < 4.78 is 0. The van der Waals surface area contributed by atoms with E-state index >= 15 is 0 Å². The third kappa shape index (κ3) is 2.03. The zero-order chi connectivity index (χ0) is 17.1. The van der Waals surface area contributed by atoms with Crippen LogP contribution in [0.5, 0.6) is 5.75 Å². The summed E-state index contributed by atoms with van der Waals surface area (Å²) in [6, 6.07) is 22.2. The topological polar surface area (TPSA) is 20.2 Å². The van der Waals surface area contributed by atoms with Crippen LogP contribution in [0.15, 0.2) is 66.7 Å². The van der Waals surface area contributed by atoms with Gasteiger partial charge in [-0.3, -0.25) is 0 Å². The molecule has 0 heterocycles. The van der Waals surface area contributed by atoms with Crippen LogP contribution in [0.25, 0.3) is 43.1 Å². The molecule has 0 fully saturated rings. The van der Waals surface area contributed by atoms with E-state index in [2.05, 4.69) is 42.5 Å². The fraction of sp³-hybridized carbons (Fsp3) is 0. The minimum absolute atomic E-state index is 0.0661. The molecule has 0 spiro atoms. The van der Waals surface area contributed by atoms with Gasteiger partial charge in [-0.1, -0.05) is 71.7 Å². The van der Waals surface area contributed by atoms with E-state index in [9.17, 15) is 5.11 Å². The number of hydrogen-bond acceptors (Lipinski definition) is 1. The van der Waals surface area contributed by atoms with Crippen LogP contribution in [0.3, 0.4) is 0 Å². The molecule has 120 valence electrons. The summed E-state index contributed by atoms with van der Waals surface area (Å²) >= 11 is 12.9. The normalized spacial score (nSPS) is 11.8. The first-order chi connectivity index (χ1) is 12.1. The first-order valence-electron chi connectivity index (χ1n) is 7.99. The lowest BCUT2D eigenvalue weighted by atomic mass is 9.94. The Morgan fingerprint density at radius 2 is 1.24 bits per heavy atom. The highest BCUT2D eigenvalue weighted by Crippen LogP contribution is 2.42. The van der Waals surface area contributed by atoms with Gasteiger partial charge in [-0.15, -0.1) is 0 Å². The number of rotatable bonds is 0. The molecule has 0 amide bonds. The first-order valence-corrected chi connectivity index (χ1v) is 8.74. The molecule has 0 saturated carbocycles. The Bertz CT molecular complexity index is 1320. The van der Waals surface area contributed by atoms with E-state index in [1.54, 1.807) is 6.07 Å². The smallest absolute Gasteiger partial charge is 0.134 e. The number of halogens is 2. The summed E-state index contributed by atoms with van der Waals surface area (Å²) in [6.07, 6.45) is 0. The van der Waals surface area contributed by atoms with Crippen LogP contribution in [0.4, 0.5) is 0 Å². The van der Waals surface area contributed by atoms with E-state index in [4.69, 9.17) is 23.2 Å². The lowest BCUT2D eigenvalue weighted by Gasteiger charge is -2.12. The van der Waals surface area contributed by atoms with E-state index in [1.165, 1.54) is 16.2 Å². The highest BCUT2D eigenvalue weighted by atomic mass is 35.5. The molecule has 1 N–H and O–H groups in total. The minimum atomic E-state index is 0.0661. The number of fused-ring (bicyclic) bond motifs is 7. The molecule has 0 bridgehead atoms. The van der Waals surface area contributed by atoms with E-state index in [0.717, 1.165) is 26.9 Å². The predicted molar refractivity (Wildman–Crippen MR) is 108 cm³/mol. The van der Waals surface area contributed by atoms with Gasteiger partial charge < -0.3 is 5.11 Å². The Morgan fingerprint density at radius 3 is 2.08 bits per heavy atom. The third-order valence-corrected chi connectivity index (χ3v) is 5.58. The summed E-state index contributed by atoms with van der Waals surface area (Å²) in [6.45, 7) is 0. The average molecular weight is 363 g/mol. The van der Waals surface area contributed by atoms with Gasteiger partial charge in [0.15, 0.2) is 0 Å². The molecule has 3 heteroatoms. The minimum Gasteiger partial charge on any atom is -0.506 e. The molecule has 0 aliphatic heterocycles. The molecule has 0 aliphatic rings. The Balaban J connectivity index is 2.05. The quantitative estimate of drug-likeness (QED) is 0.286. The SMILES string of the molecule is Oc1ccc2c(cc(Cl)c3c2ccc2c4ccccc4ccc23)c1Cl. The molecule has 25 heavy (non-hydrogen) atoms. The Morgan fingerprint density at radius 1 is 0.600 bits per heavy atom. The van der Waals surface area contributed by atoms with Gasteiger partial charge in [0.2, 0.25) is 0 Å². The van der Waals surface area contributed by atoms with E-state index in [0.29, 0.717) is 10.0 Å². The van der Waals surface area contributed by atoms with Crippen molar-refractivity contribution in [3.05, 3.63) is 76.8 Å². The maximum Gasteiger partial charge on any atom is 0.134 e. The van der Waals surface area contributed by atoms with Crippen molar-refractivity contribution in [1.29, 1.82) is 0 Å². The van der Waals surface area contributed by atoms with Gasteiger partial charge in [0.1, 0.15) is 5.75 Å². The highest BCUT2D eigenvalue weighted by molar-refractivity contribution is 6.43. The highest BCUT2D eigenvalue weighted by Gasteiger charge is 2.13. The third-order valence-electron chi connectivity index (χ3n) is 4.89. The molecule has 1 nitrogen and oxygen atoms in total. The average Bonchev–Trinajstić information content (AvgIpc) is 2.64. The van der Waals surface area contributed by atoms with Crippen molar-refractivity contribution >= 4 is 66.3 Å². The molecule has 5 aromatic rings. The first kappa shape index (κ1) is 14.8. The molecule has 5 rings (SSSR count). The van der Waals surface area contributed by atoms with Gasteiger partial charge in [0.25, 0.3) is 0 Å². The van der Waals surface area contributed by atoms with E-state index in [1.807, 2.05) is 18.2 Å². The van der Waals surface area contributed by atoms with E-state index < -0.39 is 0 Å². The van der Waals surface area contributed by atoms with Gasteiger partial charge in [0.05, 0.1) is 5.02 Å². The Labute approximate surface area is 154 Å². The lowest BCUT2D eigenvalue weighted by Crippen LogP contribution is -1.85. The van der Waals surface area contributed by atoms with Crippen LogP contribution in [0.1, 0.15) is 0 Å². The molecule has 5 aromatic carbocycles. The van der Waals surface area contributed by atoms with Gasteiger partial charge in [-0.2, -0.15) is 0 Å². The van der Waals surface area contributed by atoms with Crippen molar-refractivity contribution in [1.82, 2.24) is 0 Å². The number of benzene rings is 5. The molecular formula is C22H12Cl2O. The van der Waals surface area contributed by atoms with E-state index in [-0.39, 0.29) is 5.75 Å². The van der Waals surface area contributed by atoms with Crippen LogP contribution < -0.4 is 0 Å². The Hall–Kier alpha value is -2.48. The summed E-state index contributed by atoms with van der Waals surface area (Å²) in [4.78, 5) is 0. The number of phenols is 1. The monoisotopic (exact) mass is 362 g/mol. The standard InChI is InChI=1S/C22H12Cl2O/c23-19-11-18-15(9-10-20(25)22(18)24)17-8-7-14-13-4-2-1-3-12(13)5-6-16(14)21(17)19/h1-11,25H. The van der Waals surface area contributed by atoms with Crippen LogP contribution in [-0.4, -0.2) is 5.11 Å². The Kier molecular flexibility index (Phi) is 3.12. The maximum absolute atomic E-state index is 9.90. The fourth-order valence-electron chi connectivity index (χ4n) is 3.73. The molecule has 0 radical (unpaired) electrons. The zero-order valence-electron chi connectivity index (χ0n) is 13.1. The zero-order valence-corrected chi connectivity index (χ0v) is 14.6. The second-order valence-corrected chi connectivity index (χ2v) is 7.01. The second kappa shape index (κ2) is 5.26. The number of aromatic hydroxyl groups is 1. The van der Waals surface area contributed by atoms with Crippen LogP contribution >= 0.6 is 23.2 Å². The van der Waals surface area contributed by atoms with Crippen molar-refractivity contribution < 1.29 is 5.11 Å². The number of phenolic OH excluding ortho intramolecular Hbond substituents is 1. The van der Waals surface area contributed by atoms with Crippen LogP contribution in [-0.2, 0) is 0 Å². The maximum atomic E-state index is 9.90. The predicted octanol–water partition coefficient (Wildman–Crippen LogP) is 7.31. The van der Waals surface area contributed by atoms with Crippen LogP contribution in [0.2, 0.25) is 10.0 Å². The summed E-state index contributed by atoms with van der Waals surface area (Å²) in [5, 5.41) is 19.4. The molecule has 0 aromatic heterocycles. The largest absolute Gasteiger partial charge is 0.506 e. The van der Waals surface area contributed by atoms with Crippen molar-refractivity contribution in [3.8, 4) is 5.75 Å². The summed E-state index contributed by atoms with van der Waals surface area (Å²) in [5.41, 5.74) is 0. The van der Waals surface area contributed by atoms with Gasteiger partial charge in [-0.25, -0.2) is 0 Å². The molecule has 0 saturated heterocycles. The van der Waals surface area contributed by atoms with Crippen molar-refractivity contribution in [2.24, 2.45) is 0 Å². The van der Waals surface area contributed by atoms with Gasteiger partial charge >= 0.3 is 0 Å². The second-order valence-electron chi connectivity index (χ2n) is 6.22. The van der Waals surface area contributed by atoms with Gasteiger partial charge in [-0.05, 0) is 50.5 Å². The lowest BCUT2D eigenvalue weighted by molar-refractivity contribution is 0.476. The summed E-state index contributed by atoms with van der Waals surface area (Å²) in [7, 11) is 0. The molecule has 0 unspecified atom stereocenters. The van der Waals surface area contributed by atoms with Crippen molar-refractivity contribution in [2.45, 2.75) is 0 Å². The number of hydrogen-bond donors (Lipinski definition) is 1. The van der Waals surface area contributed by atoms with Crippen LogP contribution in [0, 0.1) is 0 Å². The van der Waals surface area contributed by atoms with Gasteiger partial charge in [0, 0.05) is 15.8 Å². The summed E-state index contributed by atoms with van der Waals surface area (Å²) in [5.74, 6) is 0.0661. The molecule has 0 atom stereocenters. The molecule has 0 aliphatic carbocycles. The van der Waals surface area contributed by atoms with Crippen molar-refractivity contribution in [3.63, 3.8) is 0 Å². The van der Waals surface area contributed by atoms with Crippen molar-refractivity contribution in [2.75, 3.05) is 0 Å². The molecular weight excluding hydrogens is 351 g/mol. The fourth-order valence-corrected chi connectivity index (χ4v) is 4.26.